The lowest BCUT2D eigenvalue weighted by Gasteiger charge is -2.23. The highest BCUT2D eigenvalue weighted by atomic mass is 32.1. The van der Waals surface area contributed by atoms with Crippen LogP contribution in [0.1, 0.15) is 34.4 Å². The summed E-state index contributed by atoms with van der Waals surface area (Å²) in [6, 6.07) is 4.35. The van der Waals surface area contributed by atoms with Crippen molar-refractivity contribution < 1.29 is 9.32 Å². The van der Waals surface area contributed by atoms with Crippen LogP contribution in [0.15, 0.2) is 22.0 Å². The van der Waals surface area contributed by atoms with Crippen molar-refractivity contribution in [1.29, 1.82) is 0 Å². The molecule has 0 saturated heterocycles. The van der Waals surface area contributed by atoms with E-state index in [1.165, 1.54) is 4.88 Å². The fourth-order valence-electron chi connectivity index (χ4n) is 2.41. The topological polar surface area (TPSA) is 58.4 Å². The van der Waals surface area contributed by atoms with E-state index in [4.69, 9.17) is 4.52 Å². The molecule has 2 aromatic rings. The van der Waals surface area contributed by atoms with Gasteiger partial charge >= 0.3 is 0 Å². The van der Waals surface area contributed by atoms with Gasteiger partial charge in [0, 0.05) is 23.4 Å². The first-order valence-corrected chi connectivity index (χ1v) is 8.25. The summed E-state index contributed by atoms with van der Waals surface area (Å²) >= 11 is 1.71. The number of nitrogens with one attached hydrogen (secondary N) is 1. The number of aryl methyl sites for hydroxylation is 2. The Bertz CT molecular complexity index is 585. The van der Waals surface area contributed by atoms with Crippen LogP contribution in [0.3, 0.4) is 0 Å². The van der Waals surface area contributed by atoms with Gasteiger partial charge in [-0.1, -0.05) is 11.2 Å². The molecule has 0 spiro atoms. The summed E-state index contributed by atoms with van der Waals surface area (Å²) in [5, 5.41) is 9.00. The normalized spacial score (nSPS) is 12.6. The van der Waals surface area contributed by atoms with E-state index in [1.807, 2.05) is 34.0 Å². The average molecular weight is 321 g/mol. The largest absolute Gasteiger partial charge is 0.361 e. The maximum atomic E-state index is 12.1. The van der Waals surface area contributed by atoms with Crippen LogP contribution >= 0.6 is 11.3 Å². The predicted octanol–water partition coefficient (Wildman–Crippen LogP) is 2.70. The van der Waals surface area contributed by atoms with Gasteiger partial charge in [-0.2, -0.15) is 0 Å². The zero-order valence-corrected chi connectivity index (χ0v) is 14.4. The molecule has 6 heteroatoms. The fraction of sp³-hybridized carbons (Fsp3) is 0.500. The Morgan fingerprint density at radius 1 is 1.45 bits per heavy atom. The molecule has 0 radical (unpaired) electrons. The Labute approximate surface area is 135 Å². The second-order valence-corrected chi connectivity index (χ2v) is 6.58. The second-order valence-electron chi connectivity index (χ2n) is 5.60. The maximum absolute atomic E-state index is 12.1. The summed E-state index contributed by atoms with van der Waals surface area (Å²) in [5.41, 5.74) is 1.91. The standard InChI is InChI=1S/C16H23N3O2S/c1-11-13(12(2)21-18-11)7-8-16(20)17-10-14(19(3)4)15-6-5-9-22-15/h5-6,9,14H,7-8,10H2,1-4H3,(H,17,20). The van der Waals surface area contributed by atoms with Crippen molar-refractivity contribution in [3.8, 4) is 0 Å². The molecule has 2 aromatic heterocycles. The summed E-state index contributed by atoms with van der Waals surface area (Å²) in [6.45, 7) is 4.41. The van der Waals surface area contributed by atoms with E-state index < -0.39 is 0 Å². The molecule has 5 nitrogen and oxygen atoms in total. The second kappa shape index (κ2) is 7.56. The molecule has 0 saturated carbocycles. The zero-order valence-electron chi connectivity index (χ0n) is 13.5. The van der Waals surface area contributed by atoms with Crippen molar-refractivity contribution in [1.82, 2.24) is 15.4 Å². The van der Waals surface area contributed by atoms with Gasteiger partial charge in [0.05, 0.1) is 11.7 Å². The van der Waals surface area contributed by atoms with Gasteiger partial charge in [0.2, 0.25) is 5.91 Å². The molecule has 0 aromatic carbocycles. The molecular formula is C16H23N3O2S. The van der Waals surface area contributed by atoms with Gasteiger partial charge in [0.15, 0.2) is 0 Å². The molecule has 0 fully saturated rings. The summed E-state index contributed by atoms with van der Waals surface area (Å²) < 4.78 is 5.12. The number of amides is 1. The molecule has 1 unspecified atom stereocenters. The molecule has 2 rings (SSSR count). The number of hydrogen-bond acceptors (Lipinski definition) is 5. The molecular weight excluding hydrogens is 298 g/mol. The minimum Gasteiger partial charge on any atom is -0.361 e. The van der Waals surface area contributed by atoms with Gasteiger partial charge < -0.3 is 14.7 Å². The molecule has 1 atom stereocenters. The fourth-order valence-corrected chi connectivity index (χ4v) is 3.34. The van der Waals surface area contributed by atoms with Crippen LogP contribution in [0.25, 0.3) is 0 Å². The number of carbonyl (C=O) groups excluding carboxylic acids is 1. The van der Waals surface area contributed by atoms with Crippen LogP contribution in [-0.4, -0.2) is 36.6 Å². The summed E-state index contributed by atoms with van der Waals surface area (Å²) in [6.07, 6.45) is 1.12. The quantitative estimate of drug-likeness (QED) is 0.852. The Hall–Kier alpha value is -1.66. The zero-order chi connectivity index (χ0) is 16.1. The Balaban J connectivity index is 1.84. The van der Waals surface area contributed by atoms with Crippen molar-refractivity contribution >= 4 is 17.2 Å². The van der Waals surface area contributed by atoms with Crippen LogP contribution in [0.5, 0.6) is 0 Å². The lowest BCUT2D eigenvalue weighted by molar-refractivity contribution is -0.121. The van der Waals surface area contributed by atoms with Crippen LogP contribution in [0.4, 0.5) is 0 Å². The SMILES string of the molecule is Cc1noc(C)c1CCC(=O)NCC(c1cccs1)N(C)C. The van der Waals surface area contributed by atoms with Crippen LogP contribution in [-0.2, 0) is 11.2 Å². The molecule has 1 N–H and O–H groups in total. The first-order chi connectivity index (χ1) is 10.5. The van der Waals surface area contributed by atoms with Crippen molar-refractivity contribution in [3.63, 3.8) is 0 Å². The number of hydrogen-bond donors (Lipinski definition) is 1. The minimum atomic E-state index is 0.0587. The van der Waals surface area contributed by atoms with Crippen LogP contribution in [0, 0.1) is 13.8 Å². The lowest BCUT2D eigenvalue weighted by atomic mass is 10.1. The third kappa shape index (κ3) is 4.18. The van der Waals surface area contributed by atoms with Crippen molar-refractivity contribution in [3.05, 3.63) is 39.4 Å². The number of carbonyl (C=O) groups is 1. The van der Waals surface area contributed by atoms with Gasteiger partial charge in [0.25, 0.3) is 0 Å². The first kappa shape index (κ1) is 16.7. The van der Waals surface area contributed by atoms with Crippen molar-refractivity contribution in [2.24, 2.45) is 0 Å². The predicted molar refractivity (Wildman–Crippen MR) is 88.1 cm³/mol. The minimum absolute atomic E-state index is 0.0587. The van der Waals surface area contributed by atoms with Crippen LogP contribution in [0.2, 0.25) is 0 Å². The monoisotopic (exact) mass is 321 g/mol. The number of thiophene rings is 1. The molecule has 2 heterocycles. The van der Waals surface area contributed by atoms with E-state index in [9.17, 15) is 4.79 Å². The summed E-state index contributed by atoms with van der Waals surface area (Å²) in [4.78, 5) is 15.5. The summed E-state index contributed by atoms with van der Waals surface area (Å²) in [5.74, 6) is 0.860. The number of likely N-dealkylation sites (N-methyl/N-ethyl adjacent to an activating group) is 1. The highest BCUT2D eigenvalue weighted by Crippen LogP contribution is 2.22. The first-order valence-electron chi connectivity index (χ1n) is 7.37. The number of rotatable bonds is 7. The van der Waals surface area contributed by atoms with Gasteiger partial charge in [0.1, 0.15) is 5.76 Å². The third-order valence-corrected chi connectivity index (χ3v) is 4.74. The van der Waals surface area contributed by atoms with Gasteiger partial charge in [-0.15, -0.1) is 11.3 Å². The molecule has 0 aliphatic carbocycles. The van der Waals surface area contributed by atoms with E-state index in [0.29, 0.717) is 19.4 Å². The van der Waals surface area contributed by atoms with E-state index in [1.54, 1.807) is 11.3 Å². The third-order valence-electron chi connectivity index (χ3n) is 3.77. The lowest BCUT2D eigenvalue weighted by Crippen LogP contribution is -2.34. The van der Waals surface area contributed by atoms with E-state index >= 15 is 0 Å². The number of aromatic nitrogens is 1. The average Bonchev–Trinajstić information content (AvgIpc) is 3.08. The highest BCUT2D eigenvalue weighted by Gasteiger charge is 2.17. The Kier molecular flexibility index (Phi) is 5.74. The van der Waals surface area contributed by atoms with E-state index in [-0.39, 0.29) is 11.9 Å². The Morgan fingerprint density at radius 3 is 2.77 bits per heavy atom. The van der Waals surface area contributed by atoms with Crippen molar-refractivity contribution in [2.45, 2.75) is 32.7 Å². The highest BCUT2D eigenvalue weighted by molar-refractivity contribution is 7.10. The van der Waals surface area contributed by atoms with E-state index in [0.717, 1.165) is 17.0 Å². The van der Waals surface area contributed by atoms with Crippen LogP contribution < -0.4 is 5.32 Å². The molecule has 1 amide bonds. The van der Waals surface area contributed by atoms with E-state index in [2.05, 4.69) is 26.8 Å². The van der Waals surface area contributed by atoms with Gasteiger partial charge in [-0.05, 0) is 45.8 Å². The van der Waals surface area contributed by atoms with Gasteiger partial charge in [-0.3, -0.25) is 4.79 Å². The smallest absolute Gasteiger partial charge is 0.220 e. The Morgan fingerprint density at radius 2 is 2.23 bits per heavy atom. The number of nitrogens with zero attached hydrogens (tertiary/aromatic N) is 2. The molecule has 0 bridgehead atoms. The molecule has 22 heavy (non-hydrogen) atoms. The molecule has 0 aliphatic rings. The maximum Gasteiger partial charge on any atom is 0.220 e. The summed E-state index contributed by atoms with van der Waals surface area (Å²) in [7, 11) is 4.06. The van der Waals surface area contributed by atoms with Gasteiger partial charge in [-0.25, -0.2) is 0 Å². The molecule has 0 aliphatic heterocycles. The molecule has 120 valence electrons. The van der Waals surface area contributed by atoms with Crippen molar-refractivity contribution in [2.75, 3.05) is 20.6 Å².